The van der Waals surface area contributed by atoms with Crippen LogP contribution in [0.4, 0.5) is 15.9 Å². The minimum atomic E-state index is -0.696. The van der Waals surface area contributed by atoms with Crippen LogP contribution in [0.2, 0.25) is 5.02 Å². The highest BCUT2D eigenvalue weighted by atomic mass is 35.5. The molecule has 1 aromatic heterocycles. The van der Waals surface area contributed by atoms with Gasteiger partial charge in [0.05, 0.1) is 10.6 Å². The lowest BCUT2D eigenvalue weighted by atomic mass is 9.63. The number of anilines is 2. The van der Waals surface area contributed by atoms with Crippen LogP contribution < -0.4 is 11.1 Å². The van der Waals surface area contributed by atoms with Gasteiger partial charge in [-0.1, -0.05) is 18.5 Å². The average Bonchev–Trinajstić information content (AvgIpc) is 3.11. The largest absolute Gasteiger partial charge is 0.398 e. The van der Waals surface area contributed by atoms with E-state index in [4.69, 9.17) is 17.3 Å². The quantitative estimate of drug-likeness (QED) is 0.618. The standard InChI is InChI=1S/C23H28ClFN4O2/c1-22(12-30)6-8-23(9-7-22)11-28-20-17(23)18(24)14(10-27-20)13-4-5-15(26)16(19(13)25)21(31)29(2)3/h4-5,10,30H,6-9,11-12,26H2,1-3H3,(H,27,28). The van der Waals surface area contributed by atoms with E-state index in [2.05, 4.69) is 17.2 Å². The van der Waals surface area contributed by atoms with Crippen molar-refractivity contribution in [3.05, 3.63) is 40.3 Å². The van der Waals surface area contributed by atoms with Crippen molar-refractivity contribution in [1.29, 1.82) is 0 Å². The summed E-state index contributed by atoms with van der Waals surface area (Å²) >= 11 is 6.90. The van der Waals surface area contributed by atoms with Crippen LogP contribution in [0.25, 0.3) is 11.1 Å². The number of amides is 1. The van der Waals surface area contributed by atoms with Gasteiger partial charge in [-0.05, 0) is 43.2 Å². The summed E-state index contributed by atoms with van der Waals surface area (Å²) in [5.74, 6) is -0.476. The maximum atomic E-state index is 15.5. The van der Waals surface area contributed by atoms with E-state index in [1.807, 2.05) is 0 Å². The molecule has 1 aromatic carbocycles. The van der Waals surface area contributed by atoms with Crippen LogP contribution in [0.1, 0.15) is 48.5 Å². The molecule has 1 spiro atoms. The predicted octanol–water partition coefficient (Wildman–Crippen LogP) is 4.06. The first-order valence-electron chi connectivity index (χ1n) is 10.5. The first-order chi connectivity index (χ1) is 14.6. The lowest BCUT2D eigenvalue weighted by Crippen LogP contribution is -2.39. The number of rotatable bonds is 3. The van der Waals surface area contributed by atoms with Crippen LogP contribution in [-0.2, 0) is 5.41 Å². The van der Waals surface area contributed by atoms with Crippen LogP contribution in [0.15, 0.2) is 18.3 Å². The van der Waals surface area contributed by atoms with Crippen molar-refractivity contribution in [3.8, 4) is 11.1 Å². The number of aromatic nitrogens is 1. The van der Waals surface area contributed by atoms with E-state index in [0.717, 1.165) is 37.1 Å². The second-order valence-electron chi connectivity index (χ2n) is 9.40. The third-order valence-electron chi connectivity index (χ3n) is 7.02. The lowest BCUT2D eigenvalue weighted by molar-refractivity contribution is 0.0741. The number of nitrogen functional groups attached to an aromatic ring is 1. The van der Waals surface area contributed by atoms with Crippen molar-refractivity contribution in [1.82, 2.24) is 9.88 Å². The minimum absolute atomic E-state index is 0.0823. The maximum absolute atomic E-state index is 15.5. The van der Waals surface area contributed by atoms with Gasteiger partial charge in [-0.25, -0.2) is 9.37 Å². The Morgan fingerprint density at radius 1 is 1.29 bits per heavy atom. The van der Waals surface area contributed by atoms with Gasteiger partial charge in [0.15, 0.2) is 0 Å². The molecule has 0 radical (unpaired) electrons. The first-order valence-corrected chi connectivity index (χ1v) is 10.8. The molecule has 6 nitrogen and oxygen atoms in total. The second-order valence-corrected chi connectivity index (χ2v) is 9.78. The highest BCUT2D eigenvalue weighted by molar-refractivity contribution is 6.34. The molecule has 1 amide bonds. The zero-order valence-electron chi connectivity index (χ0n) is 18.1. The van der Waals surface area contributed by atoms with E-state index in [-0.39, 0.29) is 34.3 Å². The lowest BCUT2D eigenvalue weighted by Gasteiger charge is -2.42. The molecular formula is C23H28ClFN4O2. The van der Waals surface area contributed by atoms with Gasteiger partial charge < -0.3 is 21.1 Å². The summed E-state index contributed by atoms with van der Waals surface area (Å²) in [5, 5.41) is 13.6. The Morgan fingerprint density at radius 3 is 2.58 bits per heavy atom. The molecule has 2 aliphatic rings. The number of carbonyl (C=O) groups is 1. The van der Waals surface area contributed by atoms with E-state index >= 15 is 4.39 Å². The molecule has 1 saturated carbocycles. The topological polar surface area (TPSA) is 91.5 Å². The molecule has 0 unspecified atom stereocenters. The fraction of sp³-hybridized carbons (Fsp3) is 0.478. The van der Waals surface area contributed by atoms with Crippen LogP contribution >= 0.6 is 11.6 Å². The monoisotopic (exact) mass is 446 g/mol. The van der Waals surface area contributed by atoms with Gasteiger partial charge in [-0.15, -0.1) is 0 Å². The van der Waals surface area contributed by atoms with Crippen LogP contribution in [0, 0.1) is 11.2 Å². The molecule has 0 bridgehead atoms. The summed E-state index contributed by atoms with van der Waals surface area (Å²) in [7, 11) is 3.10. The van der Waals surface area contributed by atoms with E-state index in [1.165, 1.54) is 11.0 Å². The number of hydrogen-bond acceptors (Lipinski definition) is 5. The predicted molar refractivity (Wildman–Crippen MR) is 121 cm³/mol. The Morgan fingerprint density at radius 2 is 1.97 bits per heavy atom. The number of nitrogens with one attached hydrogen (secondary N) is 1. The molecule has 1 fully saturated rings. The zero-order valence-corrected chi connectivity index (χ0v) is 18.8. The Balaban J connectivity index is 1.81. The zero-order chi connectivity index (χ0) is 22.6. The Labute approximate surface area is 186 Å². The van der Waals surface area contributed by atoms with Gasteiger partial charge in [0, 0.05) is 61.2 Å². The fourth-order valence-corrected chi connectivity index (χ4v) is 5.23. The molecular weight excluding hydrogens is 419 g/mol. The summed E-state index contributed by atoms with van der Waals surface area (Å²) < 4.78 is 15.5. The normalized spacial score (nSPS) is 24.7. The summed E-state index contributed by atoms with van der Waals surface area (Å²) in [6.07, 6.45) is 5.03. The molecule has 1 aliphatic heterocycles. The smallest absolute Gasteiger partial charge is 0.258 e. The average molecular weight is 447 g/mol. The van der Waals surface area contributed by atoms with Gasteiger partial charge in [0.2, 0.25) is 0 Å². The highest BCUT2D eigenvalue weighted by Gasteiger charge is 2.47. The number of halogens is 2. The van der Waals surface area contributed by atoms with E-state index < -0.39 is 11.7 Å². The number of nitrogens with two attached hydrogens (primary N) is 1. The van der Waals surface area contributed by atoms with Gasteiger partial charge in [0.25, 0.3) is 5.91 Å². The van der Waals surface area contributed by atoms with Gasteiger partial charge in [-0.2, -0.15) is 0 Å². The van der Waals surface area contributed by atoms with Crippen molar-refractivity contribution in [2.45, 2.75) is 38.0 Å². The van der Waals surface area contributed by atoms with Crippen LogP contribution in [0.3, 0.4) is 0 Å². The number of benzene rings is 1. The summed E-state index contributed by atoms with van der Waals surface area (Å²) in [6.45, 7) is 2.98. The number of hydrogen-bond donors (Lipinski definition) is 3. The number of nitrogens with zero attached hydrogens (tertiary/aromatic N) is 2. The van der Waals surface area contributed by atoms with Gasteiger partial charge >= 0.3 is 0 Å². The number of pyridine rings is 1. The van der Waals surface area contributed by atoms with Crippen LogP contribution in [0.5, 0.6) is 0 Å². The highest BCUT2D eigenvalue weighted by Crippen LogP contribution is 2.54. The van der Waals surface area contributed by atoms with Crippen molar-refractivity contribution in [2.24, 2.45) is 5.41 Å². The third kappa shape index (κ3) is 3.44. The molecule has 166 valence electrons. The molecule has 4 rings (SSSR count). The molecule has 4 N–H and O–H groups in total. The van der Waals surface area contributed by atoms with Crippen molar-refractivity contribution < 1.29 is 14.3 Å². The molecule has 0 atom stereocenters. The van der Waals surface area contributed by atoms with E-state index in [9.17, 15) is 9.90 Å². The fourth-order valence-electron chi connectivity index (χ4n) is 4.79. The first kappa shape index (κ1) is 21.8. The molecule has 2 aromatic rings. The van der Waals surface area contributed by atoms with Crippen LogP contribution in [-0.4, -0.2) is 48.1 Å². The SMILES string of the molecule is CN(C)C(=O)c1c(N)ccc(-c2cnc3c(c2Cl)C2(CCC(C)(CO)CC2)CN3)c1F. The van der Waals surface area contributed by atoms with Crippen molar-refractivity contribution in [2.75, 3.05) is 38.3 Å². The number of aliphatic hydroxyl groups excluding tert-OH is 1. The van der Waals surface area contributed by atoms with Gasteiger partial charge in [0.1, 0.15) is 11.6 Å². The van der Waals surface area contributed by atoms with E-state index in [1.54, 1.807) is 26.4 Å². The maximum Gasteiger partial charge on any atom is 0.258 e. The molecule has 2 heterocycles. The Kier molecular flexibility index (Phi) is 5.38. The summed E-state index contributed by atoms with van der Waals surface area (Å²) in [6, 6.07) is 3.07. The molecule has 1 aliphatic carbocycles. The number of fused-ring (bicyclic) bond motifs is 2. The Bertz CT molecular complexity index is 1050. The second kappa shape index (κ2) is 7.64. The third-order valence-corrected chi connectivity index (χ3v) is 7.41. The van der Waals surface area contributed by atoms with Crippen molar-refractivity contribution in [3.63, 3.8) is 0 Å². The van der Waals surface area contributed by atoms with Gasteiger partial charge in [-0.3, -0.25) is 4.79 Å². The summed E-state index contributed by atoms with van der Waals surface area (Å²) in [4.78, 5) is 18.3. The molecule has 31 heavy (non-hydrogen) atoms. The van der Waals surface area contributed by atoms with E-state index in [0.29, 0.717) is 17.1 Å². The number of carbonyl (C=O) groups excluding carboxylic acids is 1. The summed E-state index contributed by atoms with van der Waals surface area (Å²) in [5.41, 5.74) is 7.11. The molecule has 8 heteroatoms. The Hall–Kier alpha value is -2.38. The minimum Gasteiger partial charge on any atom is -0.398 e. The molecule has 0 saturated heterocycles. The number of aliphatic hydroxyl groups is 1. The van der Waals surface area contributed by atoms with Crippen molar-refractivity contribution >= 4 is 29.0 Å².